The van der Waals surface area contributed by atoms with Gasteiger partial charge in [-0.05, 0) is 45.0 Å². The molecule has 2 rings (SSSR count). The normalized spacial score (nSPS) is 19.6. The van der Waals surface area contributed by atoms with Crippen LogP contribution in [0.4, 0.5) is 4.39 Å². The van der Waals surface area contributed by atoms with E-state index in [1.165, 1.54) is 18.2 Å². The minimum absolute atomic E-state index is 0.0619. The van der Waals surface area contributed by atoms with E-state index < -0.39 is 11.9 Å². The third kappa shape index (κ3) is 3.86. The van der Waals surface area contributed by atoms with Crippen LogP contribution < -0.4 is 10.1 Å². The van der Waals surface area contributed by atoms with Crippen LogP contribution in [-0.4, -0.2) is 43.1 Å². The van der Waals surface area contributed by atoms with Crippen molar-refractivity contribution in [3.8, 4) is 5.75 Å². The largest absolute Gasteiger partial charge is 0.479 e. The Balaban J connectivity index is 2.02. The van der Waals surface area contributed by atoms with Crippen LogP contribution in [0.1, 0.15) is 19.8 Å². The lowest BCUT2D eigenvalue weighted by Crippen LogP contribution is -2.46. The highest BCUT2D eigenvalue weighted by Gasteiger charge is 2.31. The van der Waals surface area contributed by atoms with Gasteiger partial charge in [-0.15, -0.1) is 0 Å². The second-order valence-electron chi connectivity index (χ2n) is 5.22. The fraction of sp³-hybridized carbons (Fsp3) is 0.533. The number of amides is 1. The molecular formula is C15H20ClFN2O2. The van der Waals surface area contributed by atoms with Crippen molar-refractivity contribution < 1.29 is 13.9 Å². The van der Waals surface area contributed by atoms with Crippen LogP contribution in [0.2, 0.25) is 5.02 Å². The first kappa shape index (κ1) is 16.0. The number of hydrogen-bond acceptors (Lipinski definition) is 3. The van der Waals surface area contributed by atoms with Crippen LogP contribution in [0, 0.1) is 5.82 Å². The lowest BCUT2D eigenvalue weighted by molar-refractivity contribution is -0.138. The third-order valence-electron chi connectivity index (χ3n) is 3.65. The Hall–Kier alpha value is -1.33. The molecule has 1 heterocycles. The number of ether oxygens (including phenoxy) is 1. The molecule has 0 saturated carbocycles. The first-order valence-electron chi connectivity index (χ1n) is 7.09. The van der Waals surface area contributed by atoms with Gasteiger partial charge in [-0.2, -0.15) is 0 Å². The predicted octanol–water partition coefficient (Wildman–Crippen LogP) is 2.46. The van der Waals surface area contributed by atoms with Crippen molar-refractivity contribution in [2.75, 3.05) is 20.1 Å². The van der Waals surface area contributed by atoms with Crippen LogP contribution in [0.25, 0.3) is 0 Å². The summed E-state index contributed by atoms with van der Waals surface area (Å²) in [6.07, 6.45) is 1.35. The molecule has 1 aliphatic rings. The van der Waals surface area contributed by atoms with Gasteiger partial charge in [0, 0.05) is 19.1 Å². The lowest BCUT2D eigenvalue weighted by atomic mass is 10.2. The van der Waals surface area contributed by atoms with E-state index in [4.69, 9.17) is 16.3 Å². The smallest absolute Gasteiger partial charge is 0.263 e. The van der Waals surface area contributed by atoms with E-state index in [0.717, 1.165) is 25.9 Å². The maximum Gasteiger partial charge on any atom is 0.263 e. The van der Waals surface area contributed by atoms with Gasteiger partial charge in [0.1, 0.15) is 11.6 Å². The van der Waals surface area contributed by atoms with E-state index in [1.54, 1.807) is 6.92 Å². The molecule has 116 valence electrons. The standard InChI is InChI=1S/C15H20ClFN2O2/c1-10(21-14-6-5-11(17)8-13(14)16)15(20)19-7-3-4-12(19)9-18-2/h5-6,8,10,12,18H,3-4,7,9H2,1-2H3/t10-,12+/m0/s1. The van der Waals surface area contributed by atoms with Crippen molar-refractivity contribution in [1.29, 1.82) is 0 Å². The molecule has 1 fully saturated rings. The summed E-state index contributed by atoms with van der Waals surface area (Å²) < 4.78 is 18.6. The molecule has 4 nitrogen and oxygen atoms in total. The number of nitrogens with one attached hydrogen (secondary N) is 1. The average molecular weight is 315 g/mol. The van der Waals surface area contributed by atoms with Gasteiger partial charge in [-0.25, -0.2) is 4.39 Å². The molecule has 0 radical (unpaired) electrons. The second kappa shape index (κ2) is 7.09. The van der Waals surface area contributed by atoms with E-state index in [-0.39, 0.29) is 17.0 Å². The first-order chi connectivity index (χ1) is 10.0. The third-order valence-corrected chi connectivity index (χ3v) is 3.94. The van der Waals surface area contributed by atoms with Gasteiger partial charge >= 0.3 is 0 Å². The molecule has 1 aliphatic heterocycles. The number of benzene rings is 1. The van der Waals surface area contributed by atoms with E-state index >= 15 is 0 Å². The molecule has 1 aromatic carbocycles. The molecule has 2 atom stereocenters. The summed E-state index contributed by atoms with van der Waals surface area (Å²) in [6.45, 7) is 3.21. The number of likely N-dealkylation sites (tertiary alicyclic amines) is 1. The average Bonchev–Trinajstić information content (AvgIpc) is 2.89. The summed E-state index contributed by atoms with van der Waals surface area (Å²) in [5.41, 5.74) is 0. The highest BCUT2D eigenvalue weighted by Crippen LogP contribution is 2.27. The topological polar surface area (TPSA) is 41.6 Å². The fourth-order valence-corrected chi connectivity index (χ4v) is 2.83. The molecule has 0 bridgehead atoms. The van der Waals surface area contributed by atoms with Crippen LogP contribution in [0.5, 0.6) is 5.75 Å². The molecule has 1 saturated heterocycles. The number of hydrogen-bond donors (Lipinski definition) is 1. The van der Waals surface area contributed by atoms with E-state index in [0.29, 0.717) is 5.75 Å². The Bertz CT molecular complexity index is 512. The zero-order valence-electron chi connectivity index (χ0n) is 12.2. The van der Waals surface area contributed by atoms with E-state index in [1.807, 2.05) is 11.9 Å². The highest BCUT2D eigenvalue weighted by atomic mass is 35.5. The quantitative estimate of drug-likeness (QED) is 0.907. The van der Waals surface area contributed by atoms with Gasteiger partial charge < -0.3 is 15.0 Å². The summed E-state index contributed by atoms with van der Waals surface area (Å²) in [5, 5.41) is 3.27. The number of carbonyl (C=O) groups is 1. The van der Waals surface area contributed by atoms with E-state index in [2.05, 4.69) is 5.32 Å². The van der Waals surface area contributed by atoms with Crippen LogP contribution in [-0.2, 0) is 4.79 Å². The van der Waals surface area contributed by atoms with Gasteiger partial charge in [0.2, 0.25) is 0 Å². The van der Waals surface area contributed by atoms with Crippen molar-refractivity contribution in [1.82, 2.24) is 10.2 Å². The van der Waals surface area contributed by atoms with Gasteiger partial charge in [0.25, 0.3) is 5.91 Å². The Kier molecular flexibility index (Phi) is 5.42. The molecule has 0 aromatic heterocycles. The van der Waals surface area contributed by atoms with Gasteiger partial charge in [0.15, 0.2) is 6.10 Å². The summed E-state index contributed by atoms with van der Waals surface area (Å²) in [6, 6.07) is 4.08. The molecule has 0 unspecified atom stereocenters. The zero-order chi connectivity index (χ0) is 15.4. The molecule has 21 heavy (non-hydrogen) atoms. The van der Waals surface area contributed by atoms with Gasteiger partial charge in [0.05, 0.1) is 5.02 Å². The molecule has 1 N–H and O–H groups in total. The molecule has 1 aromatic rings. The summed E-state index contributed by atoms with van der Waals surface area (Å²) >= 11 is 5.92. The molecule has 0 spiro atoms. The maximum absolute atomic E-state index is 13.0. The Morgan fingerprint density at radius 1 is 1.62 bits per heavy atom. The second-order valence-corrected chi connectivity index (χ2v) is 5.63. The minimum atomic E-state index is -0.648. The van der Waals surface area contributed by atoms with Gasteiger partial charge in [-0.3, -0.25) is 4.79 Å². The first-order valence-corrected chi connectivity index (χ1v) is 7.47. The summed E-state index contributed by atoms with van der Waals surface area (Å²) in [7, 11) is 1.87. The van der Waals surface area contributed by atoms with Crippen LogP contribution in [0.3, 0.4) is 0 Å². The van der Waals surface area contributed by atoms with Crippen molar-refractivity contribution in [2.45, 2.75) is 31.9 Å². The van der Waals surface area contributed by atoms with E-state index in [9.17, 15) is 9.18 Å². The minimum Gasteiger partial charge on any atom is -0.479 e. The SMILES string of the molecule is CNC[C@H]1CCCN1C(=O)[C@H](C)Oc1ccc(F)cc1Cl. The number of carbonyl (C=O) groups excluding carboxylic acids is 1. The van der Waals surface area contributed by atoms with Crippen LogP contribution >= 0.6 is 11.6 Å². The number of halogens is 2. The van der Waals surface area contributed by atoms with Crippen molar-refractivity contribution in [3.05, 3.63) is 29.0 Å². The lowest BCUT2D eigenvalue weighted by Gasteiger charge is -2.27. The Labute approximate surface area is 129 Å². The van der Waals surface area contributed by atoms with Crippen molar-refractivity contribution >= 4 is 17.5 Å². The summed E-state index contributed by atoms with van der Waals surface area (Å²) in [5.74, 6) is -0.170. The maximum atomic E-state index is 13.0. The van der Waals surface area contributed by atoms with Gasteiger partial charge in [-0.1, -0.05) is 11.6 Å². The van der Waals surface area contributed by atoms with Crippen molar-refractivity contribution in [3.63, 3.8) is 0 Å². The van der Waals surface area contributed by atoms with Crippen LogP contribution in [0.15, 0.2) is 18.2 Å². The Morgan fingerprint density at radius 3 is 3.05 bits per heavy atom. The summed E-state index contributed by atoms with van der Waals surface area (Å²) in [4.78, 5) is 14.3. The number of nitrogens with zero attached hydrogens (tertiary/aromatic N) is 1. The molecular weight excluding hydrogens is 295 g/mol. The Morgan fingerprint density at radius 2 is 2.38 bits per heavy atom. The monoisotopic (exact) mass is 314 g/mol. The number of rotatable bonds is 5. The highest BCUT2D eigenvalue weighted by molar-refractivity contribution is 6.32. The fourth-order valence-electron chi connectivity index (χ4n) is 2.62. The zero-order valence-corrected chi connectivity index (χ0v) is 13.0. The predicted molar refractivity (Wildman–Crippen MR) is 80.2 cm³/mol. The van der Waals surface area contributed by atoms with Crippen molar-refractivity contribution in [2.24, 2.45) is 0 Å². The molecule has 1 amide bonds. The number of likely N-dealkylation sites (N-methyl/N-ethyl adjacent to an activating group) is 1. The molecule has 6 heteroatoms. The molecule has 0 aliphatic carbocycles.